The van der Waals surface area contributed by atoms with Gasteiger partial charge in [-0.15, -0.1) is 0 Å². The quantitative estimate of drug-likeness (QED) is 0.338. The van der Waals surface area contributed by atoms with Crippen molar-refractivity contribution in [3.8, 4) is 0 Å². The summed E-state index contributed by atoms with van der Waals surface area (Å²) in [5.41, 5.74) is 2.50. The Morgan fingerprint density at radius 3 is 2.36 bits per heavy atom. The molecule has 0 aliphatic carbocycles. The van der Waals surface area contributed by atoms with Crippen molar-refractivity contribution in [2.45, 2.75) is 71.8 Å². The molecular formula is C30H43N7O2. The number of likely N-dealkylation sites (tertiary alicyclic amines) is 2. The number of carbonyl (C=O) groups is 1. The summed E-state index contributed by atoms with van der Waals surface area (Å²) >= 11 is 0. The molecule has 9 heteroatoms. The lowest BCUT2D eigenvalue weighted by molar-refractivity contribution is -0.142. The maximum absolute atomic E-state index is 12.2. The third-order valence-electron chi connectivity index (χ3n) is 8.60. The second kappa shape index (κ2) is 12.0. The van der Waals surface area contributed by atoms with Gasteiger partial charge in [0.1, 0.15) is 17.7 Å². The smallest absolute Gasteiger partial charge is 0.320 e. The molecule has 0 bridgehead atoms. The fourth-order valence-corrected chi connectivity index (χ4v) is 6.45. The Hall–Kier alpha value is -3.01. The Morgan fingerprint density at radius 2 is 1.74 bits per heavy atom. The van der Waals surface area contributed by atoms with Crippen molar-refractivity contribution >= 4 is 5.97 Å². The van der Waals surface area contributed by atoms with Gasteiger partial charge < -0.3 is 20.0 Å². The largest absolute Gasteiger partial charge is 0.480 e. The number of benzene rings is 1. The molecule has 2 unspecified atom stereocenters. The monoisotopic (exact) mass is 533 g/mol. The first kappa shape index (κ1) is 27.6. The minimum absolute atomic E-state index is 0.0915. The summed E-state index contributed by atoms with van der Waals surface area (Å²) in [5, 5.41) is 10.1. The number of H-pyrrole nitrogens is 2. The lowest BCUT2D eigenvalue weighted by Crippen LogP contribution is -2.42. The van der Waals surface area contributed by atoms with E-state index in [-0.39, 0.29) is 11.5 Å². The number of nitrogens with zero attached hydrogens (tertiary/aromatic N) is 5. The number of imidazole rings is 2. The van der Waals surface area contributed by atoms with Crippen LogP contribution in [0.1, 0.15) is 68.9 Å². The van der Waals surface area contributed by atoms with Gasteiger partial charge in [-0.3, -0.25) is 14.6 Å². The molecule has 2 aliphatic rings. The second-order valence-electron chi connectivity index (χ2n) is 12.1. The zero-order valence-corrected chi connectivity index (χ0v) is 23.5. The molecular weight excluding hydrogens is 490 g/mol. The van der Waals surface area contributed by atoms with E-state index in [1.807, 2.05) is 12.4 Å². The highest BCUT2D eigenvalue weighted by Gasteiger charge is 2.47. The molecule has 5 rings (SSSR count). The predicted octanol–water partition coefficient (Wildman–Crippen LogP) is 4.29. The summed E-state index contributed by atoms with van der Waals surface area (Å²) in [5.74, 6) is 1.83. The predicted molar refractivity (Wildman–Crippen MR) is 151 cm³/mol. The van der Waals surface area contributed by atoms with Crippen molar-refractivity contribution < 1.29 is 9.90 Å². The van der Waals surface area contributed by atoms with Crippen molar-refractivity contribution in [1.29, 1.82) is 0 Å². The minimum atomic E-state index is -0.686. The number of piperidine rings is 1. The number of hydrogen-bond donors (Lipinski definition) is 3. The highest BCUT2D eigenvalue weighted by Crippen LogP contribution is 2.44. The van der Waals surface area contributed by atoms with Crippen LogP contribution in [0.4, 0.5) is 0 Å². The first-order valence-corrected chi connectivity index (χ1v) is 14.3. The van der Waals surface area contributed by atoms with Crippen LogP contribution in [-0.2, 0) is 24.4 Å². The van der Waals surface area contributed by atoms with Gasteiger partial charge in [-0.2, -0.15) is 0 Å². The molecule has 2 saturated heterocycles. The van der Waals surface area contributed by atoms with Gasteiger partial charge in [-0.05, 0) is 61.7 Å². The molecule has 0 saturated carbocycles. The lowest BCUT2D eigenvalue weighted by atomic mass is 9.76. The highest BCUT2D eigenvalue weighted by atomic mass is 16.4. The third-order valence-corrected chi connectivity index (χ3v) is 8.60. The van der Waals surface area contributed by atoms with Crippen molar-refractivity contribution in [3.63, 3.8) is 0 Å². The normalized spacial score (nSPS) is 20.8. The van der Waals surface area contributed by atoms with E-state index in [0.29, 0.717) is 19.0 Å². The van der Waals surface area contributed by atoms with E-state index < -0.39 is 12.0 Å². The van der Waals surface area contributed by atoms with Crippen molar-refractivity contribution in [1.82, 2.24) is 34.6 Å². The van der Waals surface area contributed by atoms with E-state index in [1.165, 1.54) is 5.56 Å². The zero-order valence-electron chi connectivity index (χ0n) is 23.5. The van der Waals surface area contributed by atoms with Crippen LogP contribution in [0.15, 0.2) is 49.1 Å². The van der Waals surface area contributed by atoms with Crippen LogP contribution in [0.25, 0.3) is 0 Å². The number of aromatic amines is 2. The SMILES string of the molecule is CC(C)CN1CCC2(CC1)CC(C(=O)O)N(Cc1ccc(CN(Cc3ncc[nH]3)C(C)c3ncc[nH]3)cc1)C2. The number of aromatic nitrogens is 4. The molecule has 9 nitrogen and oxygen atoms in total. The van der Waals surface area contributed by atoms with Gasteiger partial charge in [-0.25, -0.2) is 9.97 Å². The van der Waals surface area contributed by atoms with Gasteiger partial charge in [0.15, 0.2) is 0 Å². The Morgan fingerprint density at radius 1 is 1.05 bits per heavy atom. The topological polar surface area (TPSA) is 104 Å². The lowest BCUT2D eigenvalue weighted by Gasteiger charge is -2.40. The van der Waals surface area contributed by atoms with Crippen LogP contribution in [0.2, 0.25) is 0 Å². The summed E-state index contributed by atoms with van der Waals surface area (Å²) < 4.78 is 0. The molecule has 39 heavy (non-hydrogen) atoms. The van der Waals surface area contributed by atoms with Crippen LogP contribution < -0.4 is 0 Å². The molecule has 1 aromatic carbocycles. The first-order valence-electron chi connectivity index (χ1n) is 14.3. The molecule has 3 N–H and O–H groups in total. The van der Waals surface area contributed by atoms with Gasteiger partial charge >= 0.3 is 5.97 Å². The van der Waals surface area contributed by atoms with E-state index in [1.54, 1.807) is 12.4 Å². The highest BCUT2D eigenvalue weighted by molar-refractivity contribution is 5.74. The van der Waals surface area contributed by atoms with Gasteiger partial charge in [0.05, 0.1) is 12.6 Å². The van der Waals surface area contributed by atoms with Gasteiger partial charge in [0.2, 0.25) is 0 Å². The van der Waals surface area contributed by atoms with E-state index in [0.717, 1.165) is 69.2 Å². The summed E-state index contributed by atoms with van der Waals surface area (Å²) in [7, 11) is 0. The van der Waals surface area contributed by atoms with Gasteiger partial charge in [0, 0.05) is 51.0 Å². The first-order chi connectivity index (χ1) is 18.8. The second-order valence-corrected chi connectivity index (χ2v) is 12.1. The Labute approximate surface area is 231 Å². The molecule has 2 aromatic heterocycles. The molecule has 3 aromatic rings. The van der Waals surface area contributed by atoms with Crippen LogP contribution in [0, 0.1) is 11.3 Å². The fourth-order valence-electron chi connectivity index (χ4n) is 6.45. The van der Waals surface area contributed by atoms with Crippen LogP contribution >= 0.6 is 0 Å². The van der Waals surface area contributed by atoms with E-state index >= 15 is 0 Å². The van der Waals surface area contributed by atoms with Crippen LogP contribution in [0.5, 0.6) is 0 Å². The maximum atomic E-state index is 12.2. The number of carboxylic acid groups (broad SMARTS) is 1. The zero-order chi connectivity index (χ0) is 27.4. The Bertz CT molecular complexity index is 1170. The maximum Gasteiger partial charge on any atom is 0.320 e. The third kappa shape index (κ3) is 6.77. The summed E-state index contributed by atoms with van der Waals surface area (Å²) in [6.45, 7) is 13.0. The molecule has 2 atom stereocenters. The van der Waals surface area contributed by atoms with Gasteiger partial charge in [0.25, 0.3) is 0 Å². The Kier molecular flexibility index (Phi) is 8.49. The standard InChI is InChI=1S/C30H43N7O2/c1-22(2)17-35-14-8-30(9-15-35)16-26(29(38)39)37(21-30)19-25-6-4-24(5-7-25)18-36(20-27-31-10-11-32-27)23(3)28-33-12-13-34-28/h4-7,10-13,22-23,26H,8-9,14-21H2,1-3H3,(H,31,32)(H,33,34)(H,38,39). The molecule has 0 amide bonds. The Balaban J connectivity index is 1.23. The van der Waals surface area contributed by atoms with Crippen molar-refractivity contribution in [3.05, 3.63) is 71.8 Å². The van der Waals surface area contributed by atoms with Gasteiger partial charge in [-0.1, -0.05) is 38.1 Å². The van der Waals surface area contributed by atoms with Crippen molar-refractivity contribution in [2.24, 2.45) is 11.3 Å². The number of rotatable bonds is 11. The summed E-state index contributed by atoms with van der Waals surface area (Å²) in [6.07, 6.45) is 10.2. The van der Waals surface area contributed by atoms with E-state index in [2.05, 4.69) is 79.7 Å². The average molecular weight is 534 g/mol. The minimum Gasteiger partial charge on any atom is -0.480 e. The van der Waals surface area contributed by atoms with E-state index in [4.69, 9.17) is 0 Å². The number of hydrogen-bond acceptors (Lipinski definition) is 6. The van der Waals surface area contributed by atoms with E-state index in [9.17, 15) is 9.90 Å². The molecule has 210 valence electrons. The van der Waals surface area contributed by atoms with Crippen LogP contribution in [0.3, 0.4) is 0 Å². The summed E-state index contributed by atoms with van der Waals surface area (Å²) in [6, 6.07) is 8.35. The molecule has 0 radical (unpaired) electrons. The fraction of sp³-hybridized carbons (Fsp3) is 0.567. The van der Waals surface area contributed by atoms with Crippen molar-refractivity contribution in [2.75, 3.05) is 26.2 Å². The number of carboxylic acids is 1. The summed E-state index contributed by atoms with van der Waals surface area (Å²) in [4.78, 5) is 34.7. The van der Waals surface area contributed by atoms with Crippen LogP contribution in [-0.4, -0.2) is 77.9 Å². The molecule has 2 fully saturated rings. The average Bonchev–Trinajstić information content (AvgIpc) is 3.68. The number of aliphatic carboxylic acids is 1. The number of nitrogens with one attached hydrogen (secondary N) is 2. The molecule has 2 aliphatic heterocycles. The molecule has 4 heterocycles. The molecule has 1 spiro atoms.